The lowest BCUT2D eigenvalue weighted by atomic mass is 10.1. The Labute approximate surface area is 218 Å². The topological polar surface area (TPSA) is 307 Å². The molecule has 38 heavy (non-hydrogen) atoms. The maximum absolute atomic E-state index is 13.0. The van der Waals surface area contributed by atoms with Gasteiger partial charge in [-0.2, -0.15) is 0 Å². The average Bonchev–Trinajstić information content (AvgIpc) is 3.33. The molecule has 0 spiro atoms. The van der Waals surface area contributed by atoms with Crippen LogP contribution >= 0.6 is 0 Å². The van der Waals surface area contributed by atoms with Gasteiger partial charge >= 0.3 is 5.97 Å². The summed E-state index contributed by atoms with van der Waals surface area (Å²) in [6, 6.07) is -5.33. The molecule has 4 amide bonds. The number of rotatable bonds is 17. The van der Waals surface area contributed by atoms with Gasteiger partial charge in [-0.1, -0.05) is 0 Å². The number of aliphatic carboxylic acids is 1. The number of aliphatic hydroxyl groups excluding tert-OH is 1. The number of hydrogen-bond acceptors (Lipinski definition) is 9. The molecule has 0 fully saturated rings. The summed E-state index contributed by atoms with van der Waals surface area (Å²) in [5.41, 5.74) is 22.1. The molecule has 0 aliphatic carbocycles. The summed E-state index contributed by atoms with van der Waals surface area (Å²) in [5, 5.41) is 26.5. The second-order valence-electron chi connectivity index (χ2n) is 8.53. The number of aromatic nitrogens is 2. The zero-order valence-electron chi connectivity index (χ0n) is 20.9. The van der Waals surface area contributed by atoms with Gasteiger partial charge in [0.1, 0.15) is 18.1 Å². The number of carboxylic acids is 1. The fourth-order valence-corrected chi connectivity index (χ4v) is 3.24. The summed E-state index contributed by atoms with van der Waals surface area (Å²) < 4.78 is 0. The highest BCUT2D eigenvalue weighted by Crippen LogP contribution is 2.05. The van der Waals surface area contributed by atoms with Gasteiger partial charge in [0.25, 0.3) is 0 Å². The molecule has 0 saturated heterocycles. The lowest BCUT2D eigenvalue weighted by molar-refractivity contribution is -0.142. The van der Waals surface area contributed by atoms with E-state index in [1.54, 1.807) is 0 Å². The Morgan fingerprint density at radius 2 is 1.68 bits per heavy atom. The van der Waals surface area contributed by atoms with Crippen LogP contribution in [0.3, 0.4) is 0 Å². The van der Waals surface area contributed by atoms with Crippen molar-refractivity contribution in [2.75, 3.05) is 6.54 Å². The molecule has 1 heterocycles. The number of carboxylic acid groups (broad SMARTS) is 1. The highest BCUT2D eigenvalue weighted by atomic mass is 16.4. The van der Waals surface area contributed by atoms with Gasteiger partial charge in [-0.15, -0.1) is 0 Å². The molecule has 0 saturated carbocycles. The average molecular weight is 541 g/mol. The van der Waals surface area contributed by atoms with Crippen LogP contribution in [0.5, 0.6) is 0 Å². The molecule has 0 aromatic carbocycles. The molecule has 0 aliphatic heterocycles. The number of aliphatic imine (C=N–C) groups is 1. The van der Waals surface area contributed by atoms with Crippen molar-refractivity contribution in [1.82, 2.24) is 25.9 Å². The van der Waals surface area contributed by atoms with Crippen LogP contribution in [-0.2, 0) is 30.4 Å². The van der Waals surface area contributed by atoms with E-state index in [0.29, 0.717) is 5.69 Å². The number of hydrogen-bond donors (Lipinski definition) is 10. The largest absolute Gasteiger partial charge is 0.480 e. The van der Waals surface area contributed by atoms with Gasteiger partial charge in [-0.3, -0.25) is 24.2 Å². The second-order valence-corrected chi connectivity index (χ2v) is 8.53. The molecule has 14 N–H and O–H groups in total. The standard InChI is InChI=1S/C21H36N10O7/c1-10(32)16(31-17(34)12(22)7-11-8-26-9-28-11)19(36)29-13(3-2-6-27-21(24)25)18(35)30-14(20(37)38)4-5-15(23)33/h8-10,12-14,16,32H,2-7,22H2,1H3,(H2,23,33)(H,26,28)(H,29,36)(H,30,35)(H,31,34)(H,37,38)(H4,24,25,27). The number of nitrogens with zero attached hydrogens (tertiary/aromatic N) is 2. The molecule has 0 bridgehead atoms. The van der Waals surface area contributed by atoms with Crippen molar-refractivity contribution in [3.8, 4) is 0 Å². The lowest BCUT2D eigenvalue weighted by Crippen LogP contribution is -2.60. The summed E-state index contributed by atoms with van der Waals surface area (Å²) in [6.07, 6.45) is 1.19. The second kappa shape index (κ2) is 15.8. The normalized spacial score (nSPS) is 14.7. The molecule has 212 valence electrons. The van der Waals surface area contributed by atoms with Gasteiger partial charge in [0.15, 0.2) is 5.96 Å². The Hall–Kier alpha value is -4.25. The number of primary amides is 1. The molecule has 0 radical (unpaired) electrons. The Balaban J connectivity index is 2.97. The number of imidazole rings is 1. The number of carbonyl (C=O) groups excluding carboxylic acids is 4. The van der Waals surface area contributed by atoms with Gasteiger partial charge in [0, 0.05) is 31.3 Å². The molecule has 1 rings (SSSR count). The summed E-state index contributed by atoms with van der Waals surface area (Å²) in [6.45, 7) is 1.36. The number of amides is 4. The number of nitrogens with one attached hydrogen (secondary N) is 4. The third-order valence-corrected chi connectivity index (χ3v) is 5.27. The lowest BCUT2D eigenvalue weighted by Gasteiger charge is -2.26. The van der Waals surface area contributed by atoms with Crippen molar-refractivity contribution < 1.29 is 34.2 Å². The first-order valence-corrected chi connectivity index (χ1v) is 11.7. The summed E-state index contributed by atoms with van der Waals surface area (Å²) >= 11 is 0. The van der Waals surface area contributed by atoms with Crippen LogP contribution in [0.4, 0.5) is 0 Å². The molecular weight excluding hydrogens is 504 g/mol. The minimum atomic E-state index is -1.49. The monoisotopic (exact) mass is 540 g/mol. The van der Waals surface area contributed by atoms with E-state index in [2.05, 4.69) is 30.9 Å². The maximum Gasteiger partial charge on any atom is 0.326 e. The number of guanidine groups is 1. The molecule has 5 atom stereocenters. The number of aliphatic hydroxyl groups is 1. The maximum atomic E-state index is 13.0. The highest BCUT2D eigenvalue weighted by molar-refractivity contribution is 5.94. The predicted molar refractivity (Wildman–Crippen MR) is 134 cm³/mol. The summed E-state index contributed by atoms with van der Waals surface area (Å²) in [4.78, 5) is 71.4. The Kier molecular flexibility index (Phi) is 13.2. The fourth-order valence-electron chi connectivity index (χ4n) is 3.24. The SMILES string of the molecule is CC(O)C(NC(=O)C(N)Cc1cnc[nH]1)C(=O)NC(CCCN=C(N)N)C(=O)NC(CCC(N)=O)C(=O)O. The van der Waals surface area contributed by atoms with Gasteiger partial charge in [0.2, 0.25) is 23.6 Å². The molecule has 17 nitrogen and oxygen atoms in total. The van der Waals surface area contributed by atoms with Crippen LogP contribution in [0, 0.1) is 0 Å². The molecule has 5 unspecified atom stereocenters. The van der Waals surface area contributed by atoms with E-state index in [0.717, 1.165) is 0 Å². The minimum Gasteiger partial charge on any atom is -0.480 e. The minimum absolute atomic E-state index is 0.0314. The fraction of sp³-hybridized carbons (Fsp3) is 0.571. The molecule has 17 heteroatoms. The first kappa shape index (κ1) is 31.8. The predicted octanol–water partition coefficient (Wildman–Crippen LogP) is -4.48. The molecule has 0 aliphatic rings. The quantitative estimate of drug-likeness (QED) is 0.0510. The summed E-state index contributed by atoms with van der Waals surface area (Å²) in [7, 11) is 0. The van der Waals surface area contributed by atoms with Crippen molar-refractivity contribution in [2.24, 2.45) is 27.9 Å². The van der Waals surface area contributed by atoms with Crippen LogP contribution in [0.1, 0.15) is 38.3 Å². The van der Waals surface area contributed by atoms with Crippen molar-refractivity contribution in [2.45, 2.75) is 69.3 Å². The van der Waals surface area contributed by atoms with Gasteiger partial charge in [0.05, 0.1) is 18.5 Å². The van der Waals surface area contributed by atoms with Crippen LogP contribution in [-0.4, -0.2) is 92.6 Å². The van der Waals surface area contributed by atoms with Crippen molar-refractivity contribution >= 4 is 35.6 Å². The zero-order chi connectivity index (χ0) is 28.8. The van der Waals surface area contributed by atoms with E-state index < -0.39 is 59.9 Å². The van der Waals surface area contributed by atoms with Crippen LogP contribution in [0.25, 0.3) is 0 Å². The third-order valence-electron chi connectivity index (χ3n) is 5.27. The number of nitrogens with two attached hydrogens (primary N) is 4. The molecular formula is C21H36N10O7. The highest BCUT2D eigenvalue weighted by Gasteiger charge is 2.32. The number of aromatic amines is 1. The third kappa shape index (κ3) is 11.7. The molecule has 1 aromatic rings. The number of carbonyl (C=O) groups is 5. The van der Waals surface area contributed by atoms with E-state index >= 15 is 0 Å². The molecule has 1 aromatic heterocycles. The van der Waals surface area contributed by atoms with Crippen molar-refractivity contribution in [1.29, 1.82) is 0 Å². The smallest absolute Gasteiger partial charge is 0.326 e. The van der Waals surface area contributed by atoms with E-state index in [1.165, 1.54) is 19.4 Å². The zero-order valence-corrected chi connectivity index (χ0v) is 20.9. The van der Waals surface area contributed by atoms with E-state index in [1.807, 2.05) is 0 Å². The number of H-pyrrole nitrogens is 1. The summed E-state index contributed by atoms with van der Waals surface area (Å²) in [5.74, 6) is -4.90. The van der Waals surface area contributed by atoms with Gasteiger partial charge < -0.3 is 54.1 Å². The van der Waals surface area contributed by atoms with Crippen molar-refractivity contribution in [3.63, 3.8) is 0 Å². The Morgan fingerprint density at radius 1 is 1.03 bits per heavy atom. The van der Waals surface area contributed by atoms with Gasteiger partial charge in [-0.25, -0.2) is 9.78 Å². The van der Waals surface area contributed by atoms with E-state index in [-0.39, 0.29) is 44.6 Å². The Morgan fingerprint density at radius 3 is 2.21 bits per heavy atom. The van der Waals surface area contributed by atoms with Crippen molar-refractivity contribution in [3.05, 3.63) is 18.2 Å². The van der Waals surface area contributed by atoms with Gasteiger partial charge in [-0.05, 0) is 26.2 Å². The van der Waals surface area contributed by atoms with Crippen LogP contribution in [0.15, 0.2) is 17.5 Å². The first-order chi connectivity index (χ1) is 17.8. The van der Waals surface area contributed by atoms with Crippen LogP contribution < -0.4 is 38.9 Å². The van der Waals surface area contributed by atoms with E-state index in [4.69, 9.17) is 22.9 Å². The Bertz CT molecular complexity index is 979. The van der Waals surface area contributed by atoms with E-state index in [9.17, 15) is 34.2 Å². The first-order valence-electron chi connectivity index (χ1n) is 11.7. The van der Waals surface area contributed by atoms with Crippen LogP contribution in [0.2, 0.25) is 0 Å².